The van der Waals surface area contributed by atoms with E-state index in [1.807, 2.05) is 0 Å². The van der Waals surface area contributed by atoms with Gasteiger partial charge in [0.2, 0.25) is 5.91 Å². The fourth-order valence-corrected chi connectivity index (χ4v) is 3.73. The first kappa shape index (κ1) is 12.8. The normalized spacial score (nSPS) is 26.6. The van der Waals surface area contributed by atoms with Gasteiger partial charge in [-0.25, -0.2) is 4.31 Å². The Morgan fingerprint density at radius 1 is 1.47 bits per heavy atom. The Morgan fingerprint density at radius 3 is 2.47 bits per heavy atom. The van der Waals surface area contributed by atoms with Gasteiger partial charge in [-0.05, 0) is 13.3 Å². The molecule has 1 saturated heterocycles. The quantitative estimate of drug-likeness (QED) is 0.428. The van der Waals surface area contributed by atoms with Gasteiger partial charge in [-0.2, -0.15) is 8.42 Å². The third kappa shape index (κ3) is 2.64. The molecule has 6 heteroatoms. The molecule has 0 saturated carbocycles. The number of unbranched alkanes of at least 4 members (excludes halogenated alkanes) is 2. The average molecular weight is 254 g/mol. The fraction of sp³-hybridized carbons (Fsp3) is 0.889. The molecule has 15 heavy (non-hydrogen) atoms. The number of halogens is 1. The summed E-state index contributed by atoms with van der Waals surface area (Å²) in [6.07, 6.45) is 4.00. The first-order valence-corrected chi connectivity index (χ1v) is 7.36. The van der Waals surface area contributed by atoms with Gasteiger partial charge >= 0.3 is 9.24 Å². The van der Waals surface area contributed by atoms with E-state index in [1.165, 1.54) is 0 Å². The zero-order chi connectivity index (χ0) is 11.7. The predicted molar refractivity (Wildman–Crippen MR) is 58.8 cm³/mol. The molecule has 0 aromatic rings. The Balaban J connectivity index is 2.66. The van der Waals surface area contributed by atoms with Gasteiger partial charge in [0.05, 0.1) is 12.0 Å². The summed E-state index contributed by atoms with van der Waals surface area (Å²) in [5, 5.41) is 0. The van der Waals surface area contributed by atoms with Crippen LogP contribution >= 0.6 is 10.7 Å². The van der Waals surface area contributed by atoms with E-state index in [9.17, 15) is 13.2 Å². The van der Waals surface area contributed by atoms with Crippen LogP contribution in [0.25, 0.3) is 0 Å². The minimum atomic E-state index is -3.90. The molecular weight excluding hydrogens is 238 g/mol. The molecule has 0 bridgehead atoms. The van der Waals surface area contributed by atoms with Crippen LogP contribution < -0.4 is 0 Å². The van der Waals surface area contributed by atoms with E-state index < -0.39 is 20.7 Å². The Bertz CT molecular complexity index is 354. The molecular formula is C9H16ClNO3S. The van der Waals surface area contributed by atoms with Crippen molar-refractivity contribution in [1.82, 2.24) is 4.31 Å². The van der Waals surface area contributed by atoms with E-state index in [4.69, 9.17) is 10.7 Å². The van der Waals surface area contributed by atoms with Crippen LogP contribution in [0.15, 0.2) is 0 Å². The van der Waals surface area contributed by atoms with Crippen LogP contribution in [0.5, 0.6) is 0 Å². The molecule has 0 spiro atoms. The number of nitrogens with zero attached hydrogens (tertiary/aromatic N) is 1. The molecule has 1 amide bonds. The van der Waals surface area contributed by atoms with Crippen molar-refractivity contribution in [3.8, 4) is 0 Å². The highest BCUT2D eigenvalue weighted by Gasteiger charge is 2.52. The van der Waals surface area contributed by atoms with Crippen LogP contribution in [0.1, 0.15) is 46.0 Å². The highest BCUT2D eigenvalue weighted by Crippen LogP contribution is 2.39. The Hall–Kier alpha value is -0.290. The SMILES string of the molecule is CCCCCC1(C)CC(=O)N1S(=O)(=O)Cl. The van der Waals surface area contributed by atoms with Gasteiger partial charge in [-0.3, -0.25) is 4.79 Å². The number of β-lactam (4-membered cyclic amide) rings is 1. The lowest BCUT2D eigenvalue weighted by atomic mass is 9.84. The lowest BCUT2D eigenvalue weighted by molar-refractivity contribution is -0.144. The smallest absolute Gasteiger partial charge is 0.274 e. The predicted octanol–water partition coefficient (Wildman–Crippen LogP) is 2.04. The monoisotopic (exact) mass is 253 g/mol. The highest BCUT2D eigenvalue weighted by molar-refractivity contribution is 8.12. The fourth-order valence-electron chi connectivity index (χ4n) is 2.01. The molecule has 1 fully saturated rings. The van der Waals surface area contributed by atoms with Crippen LogP contribution in [-0.4, -0.2) is 24.2 Å². The summed E-state index contributed by atoms with van der Waals surface area (Å²) in [6, 6.07) is 0. The Morgan fingerprint density at radius 2 is 2.07 bits per heavy atom. The van der Waals surface area contributed by atoms with Gasteiger partial charge in [0.25, 0.3) is 0 Å². The number of carbonyl (C=O) groups is 1. The van der Waals surface area contributed by atoms with Crippen molar-refractivity contribution in [2.45, 2.75) is 51.5 Å². The van der Waals surface area contributed by atoms with Gasteiger partial charge in [0.1, 0.15) is 0 Å². The summed E-state index contributed by atoms with van der Waals surface area (Å²) in [6.45, 7) is 3.84. The summed E-state index contributed by atoms with van der Waals surface area (Å²) in [7, 11) is 1.30. The standard InChI is InChI=1S/C9H16ClNO3S/c1-3-4-5-6-9(2)7-8(12)11(9)15(10,13)14/h3-7H2,1-2H3. The van der Waals surface area contributed by atoms with E-state index in [-0.39, 0.29) is 6.42 Å². The van der Waals surface area contributed by atoms with Gasteiger partial charge < -0.3 is 0 Å². The van der Waals surface area contributed by atoms with Crippen molar-refractivity contribution in [1.29, 1.82) is 0 Å². The number of hydrogen-bond donors (Lipinski definition) is 0. The van der Waals surface area contributed by atoms with Crippen molar-refractivity contribution in [3.05, 3.63) is 0 Å². The minimum absolute atomic E-state index is 0.280. The largest absolute Gasteiger partial charge is 0.324 e. The van der Waals surface area contributed by atoms with Crippen LogP contribution in [0, 0.1) is 0 Å². The van der Waals surface area contributed by atoms with Crippen LogP contribution in [0.3, 0.4) is 0 Å². The minimum Gasteiger partial charge on any atom is -0.274 e. The zero-order valence-corrected chi connectivity index (χ0v) is 10.6. The summed E-state index contributed by atoms with van der Waals surface area (Å²) in [5.74, 6) is -0.399. The van der Waals surface area contributed by atoms with Crippen molar-refractivity contribution < 1.29 is 13.2 Å². The second-order valence-corrected chi connectivity index (χ2v) is 6.59. The van der Waals surface area contributed by atoms with E-state index in [1.54, 1.807) is 6.92 Å². The number of carbonyl (C=O) groups excluding carboxylic acids is 1. The molecule has 1 rings (SSSR count). The van der Waals surface area contributed by atoms with E-state index >= 15 is 0 Å². The molecule has 88 valence electrons. The summed E-state index contributed by atoms with van der Waals surface area (Å²) >= 11 is 0. The molecule has 0 radical (unpaired) electrons. The van der Waals surface area contributed by atoms with Gasteiger partial charge in [0.15, 0.2) is 0 Å². The first-order valence-electron chi connectivity index (χ1n) is 5.09. The summed E-state index contributed by atoms with van der Waals surface area (Å²) in [5.41, 5.74) is -0.590. The van der Waals surface area contributed by atoms with Gasteiger partial charge in [0, 0.05) is 10.7 Å². The molecule has 1 aliphatic rings. The molecule has 1 unspecified atom stereocenters. The number of rotatable bonds is 5. The summed E-state index contributed by atoms with van der Waals surface area (Å²) in [4.78, 5) is 11.2. The molecule has 0 N–H and O–H groups in total. The van der Waals surface area contributed by atoms with Gasteiger partial charge in [-0.1, -0.05) is 26.2 Å². The number of hydrogen-bond acceptors (Lipinski definition) is 3. The lowest BCUT2D eigenvalue weighted by Gasteiger charge is -2.47. The molecule has 0 aromatic heterocycles. The molecule has 0 aliphatic carbocycles. The maximum absolute atomic E-state index is 11.2. The number of amides is 1. The first-order chi connectivity index (χ1) is 6.81. The molecule has 1 heterocycles. The molecule has 4 nitrogen and oxygen atoms in total. The third-order valence-corrected chi connectivity index (χ3v) is 4.28. The Labute approximate surface area is 95.1 Å². The van der Waals surface area contributed by atoms with Crippen LogP contribution in [0.4, 0.5) is 0 Å². The molecule has 0 aromatic carbocycles. The van der Waals surface area contributed by atoms with Gasteiger partial charge in [-0.15, -0.1) is 0 Å². The maximum atomic E-state index is 11.2. The average Bonchev–Trinajstić information content (AvgIpc) is 1.99. The zero-order valence-electron chi connectivity index (χ0n) is 8.99. The van der Waals surface area contributed by atoms with Crippen molar-refractivity contribution >= 4 is 25.8 Å². The molecule has 1 aliphatic heterocycles. The molecule has 1 atom stereocenters. The van der Waals surface area contributed by atoms with Crippen molar-refractivity contribution in [2.24, 2.45) is 0 Å². The van der Waals surface area contributed by atoms with Crippen LogP contribution in [-0.2, 0) is 14.0 Å². The van der Waals surface area contributed by atoms with Crippen molar-refractivity contribution in [2.75, 3.05) is 0 Å². The van der Waals surface area contributed by atoms with Crippen molar-refractivity contribution in [3.63, 3.8) is 0 Å². The summed E-state index contributed by atoms with van der Waals surface area (Å²) < 4.78 is 23.1. The third-order valence-electron chi connectivity index (χ3n) is 2.79. The second kappa shape index (κ2) is 4.29. The Kier molecular flexibility index (Phi) is 3.66. The highest BCUT2D eigenvalue weighted by atomic mass is 35.7. The van der Waals surface area contributed by atoms with E-state index in [0.717, 1.165) is 23.6 Å². The van der Waals surface area contributed by atoms with E-state index in [2.05, 4.69) is 6.92 Å². The van der Waals surface area contributed by atoms with E-state index in [0.29, 0.717) is 6.42 Å². The topological polar surface area (TPSA) is 54.5 Å². The lowest BCUT2D eigenvalue weighted by Crippen LogP contribution is -2.62. The second-order valence-electron chi connectivity index (χ2n) is 4.23. The van der Waals surface area contributed by atoms with Crippen LogP contribution in [0.2, 0.25) is 0 Å². The maximum Gasteiger partial charge on any atom is 0.324 e.